The molecule has 5 heteroatoms. The highest BCUT2D eigenvalue weighted by Gasteiger charge is 2.12. The lowest BCUT2D eigenvalue weighted by Gasteiger charge is -2.02. The molecule has 20 heavy (non-hydrogen) atoms. The third-order valence-electron chi connectivity index (χ3n) is 3.25. The molecule has 0 aliphatic carbocycles. The highest BCUT2D eigenvalue weighted by atomic mass is 16.1. The molecule has 100 valence electrons. The summed E-state index contributed by atoms with van der Waals surface area (Å²) in [7, 11) is 0. The van der Waals surface area contributed by atoms with Crippen molar-refractivity contribution < 1.29 is 4.79 Å². The lowest BCUT2D eigenvalue weighted by Crippen LogP contribution is -2.12. The first-order valence-electron chi connectivity index (χ1n) is 6.33. The van der Waals surface area contributed by atoms with Gasteiger partial charge in [-0.2, -0.15) is 0 Å². The quantitative estimate of drug-likeness (QED) is 0.784. The minimum atomic E-state index is -0.495. The fourth-order valence-electron chi connectivity index (χ4n) is 2.17. The van der Waals surface area contributed by atoms with Gasteiger partial charge in [-0.15, -0.1) is 10.2 Å². The largest absolute Gasteiger partial charge is 0.365 e. The van der Waals surface area contributed by atoms with E-state index in [9.17, 15) is 4.79 Å². The summed E-state index contributed by atoms with van der Waals surface area (Å²) in [6, 6.07) is 11.7. The van der Waals surface area contributed by atoms with E-state index in [0.717, 1.165) is 11.4 Å². The molecule has 0 atom stereocenters. The summed E-state index contributed by atoms with van der Waals surface area (Å²) in [5.41, 5.74) is 8.59. The summed E-state index contributed by atoms with van der Waals surface area (Å²) < 4.78 is 1.81. The van der Waals surface area contributed by atoms with Crippen LogP contribution in [0.5, 0.6) is 0 Å². The summed E-state index contributed by atoms with van der Waals surface area (Å²) in [4.78, 5) is 11.4. The van der Waals surface area contributed by atoms with E-state index in [1.165, 1.54) is 5.56 Å². The maximum Gasteiger partial charge on any atom is 0.252 e. The van der Waals surface area contributed by atoms with Gasteiger partial charge in [0.25, 0.3) is 5.91 Å². The van der Waals surface area contributed by atoms with Crippen LogP contribution < -0.4 is 5.73 Å². The molecule has 3 rings (SSSR count). The summed E-state index contributed by atoms with van der Waals surface area (Å²) in [6.07, 6.45) is 2.49. The topological polar surface area (TPSA) is 73.3 Å². The van der Waals surface area contributed by atoms with Crippen molar-refractivity contribution in [3.63, 3.8) is 0 Å². The molecule has 1 amide bonds. The molecule has 0 bridgehead atoms. The van der Waals surface area contributed by atoms with Gasteiger partial charge in [-0.3, -0.25) is 9.20 Å². The monoisotopic (exact) mass is 266 g/mol. The van der Waals surface area contributed by atoms with Crippen LogP contribution in [0.2, 0.25) is 0 Å². The molecule has 1 aromatic carbocycles. The molecular weight excluding hydrogens is 252 g/mol. The van der Waals surface area contributed by atoms with E-state index in [2.05, 4.69) is 41.4 Å². The van der Waals surface area contributed by atoms with E-state index in [1.807, 2.05) is 6.20 Å². The van der Waals surface area contributed by atoms with Crippen molar-refractivity contribution in [2.45, 2.75) is 13.3 Å². The zero-order valence-electron chi connectivity index (χ0n) is 11.1. The number of nitrogens with two attached hydrogens (primary N) is 1. The molecule has 0 saturated carbocycles. The maximum absolute atomic E-state index is 11.4. The first kappa shape index (κ1) is 12.3. The van der Waals surface area contributed by atoms with E-state index in [-0.39, 0.29) is 0 Å². The number of pyridine rings is 1. The molecular formula is C15H14N4O. The number of rotatable bonds is 3. The Morgan fingerprint density at radius 2 is 1.95 bits per heavy atom. The number of carbonyl (C=O) groups excluding carboxylic acids is 1. The van der Waals surface area contributed by atoms with Crippen LogP contribution in [0.15, 0.2) is 42.6 Å². The lowest BCUT2D eigenvalue weighted by atomic mass is 10.1. The van der Waals surface area contributed by atoms with Crippen LogP contribution in [-0.2, 0) is 6.42 Å². The summed E-state index contributed by atoms with van der Waals surface area (Å²) in [5, 5.41) is 8.23. The summed E-state index contributed by atoms with van der Waals surface area (Å²) >= 11 is 0. The zero-order chi connectivity index (χ0) is 14.1. The minimum Gasteiger partial charge on any atom is -0.365 e. The van der Waals surface area contributed by atoms with Crippen molar-refractivity contribution in [1.29, 1.82) is 0 Å². The highest BCUT2D eigenvalue weighted by molar-refractivity contribution is 5.98. The predicted octanol–water partition coefficient (Wildman–Crippen LogP) is 1.73. The maximum atomic E-state index is 11.4. The fraction of sp³-hybridized carbons (Fsp3) is 0.133. The Morgan fingerprint density at radius 3 is 2.65 bits per heavy atom. The van der Waals surface area contributed by atoms with Crippen molar-refractivity contribution in [1.82, 2.24) is 14.6 Å². The van der Waals surface area contributed by atoms with Crippen molar-refractivity contribution in [2.24, 2.45) is 5.73 Å². The number of hydrogen-bond acceptors (Lipinski definition) is 3. The average molecular weight is 266 g/mol. The van der Waals surface area contributed by atoms with Gasteiger partial charge in [0.15, 0.2) is 5.65 Å². The van der Waals surface area contributed by atoms with Crippen LogP contribution in [-0.4, -0.2) is 20.5 Å². The number of fused-ring (bicyclic) bond motifs is 1. The Labute approximate surface area is 116 Å². The third kappa shape index (κ3) is 2.14. The molecule has 0 fully saturated rings. The smallest absolute Gasteiger partial charge is 0.252 e. The molecule has 0 unspecified atom stereocenters. The Kier molecular flexibility index (Phi) is 2.95. The van der Waals surface area contributed by atoms with Crippen LogP contribution >= 0.6 is 0 Å². The number of aromatic nitrogens is 3. The van der Waals surface area contributed by atoms with Gasteiger partial charge in [0.1, 0.15) is 5.82 Å². The van der Waals surface area contributed by atoms with E-state index in [4.69, 9.17) is 5.73 Å². The average Bonchev–Trinajstić information content (AvgIpc) is 2.84. The molecule has 0 radical (unpaired) electrons. The van der Waals surface area contributed by atoms with Gasteiger partial charge in [0.2, 0.25) is 0 Å². The van der Waals surface area contributed by atoms with Gasteiger partial charge in [0, 0.05) is 12.6 Å². The van der Waals surface area contributed by atoms with Gasteiger partial charge in [-0.25, -0.2) is 0 Å². The molecule has 0 aliphatic rings. The molecule has 2 N–H and O–H groups in total. The molecule has 2 heterocycles. The lowest BCUT2D eigenvalue weighted by molar-refractivity contribution is 0.100. The van der Waals surface area contributed by atoms with Crippen LogP contribution in [0, 0.1) is 6.92 Å². The van der Waals surface area contributed by atoms with Crippen LogP contribution in [0.4, 0.5) is 0 Å². The van der Waals surface area contributed by atoms with Gasteiger partial charge in [-0.05, 0) is 24.6 Å². The standard InChI is InChI=1S/C15H14N4O/c1-10-4-6-11(7-5-10)9-13-17-18-15-12(14(16)20)3-2-8-19(13)15/h2-8H,9H2,1H3,(H2,16,20). The second-order valence-corrected chi connectivity index (χ2v) is 4.76. The van der Waals surface area contributed by atoms with Crippen molar-refractivity contribution in [2.75, 3.05) is 0 Å². The summed E-state index contributed by atoms with van der Waals surface area (Å²) in [6.45, 7) is 2.05. The van der Waals surface area contributed by atoms with Gasteiger partial charge < -0.3 is 5.73 Å². The predicted molar refractivity (Wildman–Crippen MR) is 75.5 cm³/mol. The second kappa shape index (κ2) is 4.77. The first-order valence-corrected chi connectivity index (χ1v) is 6.33. The number of nitrogens with zero attached hydrogens (tertiary/aromatic N) is 3. The molecule has 2 aromatic heterocycles. The van der Waals surface area contributed by atoms with E-state index < -0.39 is 5.91 Å². The zero-order valence-corrected chi connectivity index (χ0v) is 11.1. The Bertz CT molecular complexity index is 774. The molecule has 3 aromatic rings. The number of carbonyl (C=O) groups is 1. The third-order valence-corrected chi connectivity index (χ3v) is 3.25. The number of hydrogen-bond donors (Lipinski definition) is 1. The van der Waals surface area contributed by atoms with Gasteiger partial charge >= 0.3 is 0 Å². The van der Waals surface area contributed by atoms with Crippen LogP contribution in [0.1, 0.15) is 27.3 Å². The normalized spacial score (nSPS) is 10.8. The van der Waals surface area contributed by atoms with Crippen molar-refractivity contribution in [3.05, 3.63) is 65.1 Å². The van der Waals surface area contributed by atoms with Crippen molar-refractivity contribution in [3.8, 4) is 0 Å². The van der Waals surface area contributed by atoms with E-state index in [0.29, 0.717) is 17.6 Å². The minimum absolute atomic E-state index is 0.384. The van der Waals surface area contributed by atoms with Crippen LogP contribution in [0.3, 0.4) is 0 Å². The fourth-order valence-corrected chi connectivity index (χ4v) is 2.17. The second-order valence-electron chi connectivity index (χ2n) is 4.76. The Hall–Kier alpha value is -2.69. The molecule has 5 nitrogen and oxygen atoms in total. The summed E-state index contributed by atoms with van der Waals surface area (Å²) in [5.74, 6) is 0.289. The molecule has 0 saturated heterocycles. The Balaban J connectivity index is 2.03. The molecule has 0 aliphatic heterocycles. The molecule has 0 spiro atoms. The first-order chi connectivity index (χ1) is 9.65. The van der Waals surface area contributed by atoms with Gasteiger partial charge in [0.05, 0.1) is 5.56 Å². The van der Waals surface area contributed by atoms with Crippen molar-refractivity contribution >= 4 is 11.6 Å². The van der Waals surface area contributed by atoms with Gasteiger partial charge in [-0.1, -0.05) is 29.8 Å². The Morgan fingerprint density at radius 1 is 1.20 bits per heavy atom. The number of benzene rings is 1. The number of amides is 1. The SMILES string of the molecule is Cc1ccc(Cc2nnc3c(C(N)=O)cccn23)cc1. The van der Waals surface area contributed by atoms with Crippen LogP contribution in [0.25, 0.3) is 5.65 Å². The van der Waals surface area contributed by atoms with E-state index >= 15 is 0 Å². The number of aryl methyl sites for hydroxylation is 1. The highest BCUT2D eigenvalue weighted by Crippen LogP contribution is 2.13. The van der Waals surface area contributed by atoms with E-state index in [1.54, 1.807) is 16.5 Å². The number of primary amides is 1.